The number of Topliss-reactive ketones (excluding diaryl/α,β-unsaturated/α-hetero) is 1. The lowest BCUT2D eigenvalue weighted by Gasteiger charge is -2.13. The van der Waals surface area contributed by atoms with Crippen LogP contribution in [0, 0.1) is 0 Å². The molecule has 0 radical (unpaired) electrons. The van der Waals surface area contributed by atoms with Crippen molar-refractivity contribution in [2.75, 3.05) is 25.6 Å². The van der Waals surface area contributed by atoms with Crippen LogP contribution in [0.4, 0.5) is 5.69 Å². The van der Waals surface area contributed by atoms with E-state index in [9.17, 15) is 4.79 Å². The van der Waals surface area contributed by atoms with Gasteiger partial charge in [-0.3, -0.25) is 4.79 Å². The monoisotopic (exact) mass is 344 g/mol. The Morgan fingerprint density at radius 1 is 1.08 bits per heavy atom. The Morgan fingerprint density at radius 2 is 1.75 bits per heavy atom. The number of rotatable bonds is 7. The highest BCUT2D eigenvalue weighted by atomic mass is 32.1. The molecule has 2 rings (SSSR count). The molecule has 0 aliphatic rings. The number of carbonyl (C=O) groups excluding carboxylic acids is 1. The van der Waals surface area contributed by atoms with E-state index in [1.807, 2.05) is 36.4 Å². The van der Waals surface area contributed by atoms with Gasteiger partial charge in [-0.1, -0.05) is 12.1 Å². The number of benzene rings is 2. The van der Waals surface area contributed by atoms with E-state index in [2.05, 4.69) is 10.6 Å². The smallest absolute Gasteiger partial charge is 0.170 e. The van der Waals surface area contributed by atoms with Crippen LogP contribution in [0.1, 0.15) is 17.3 Å². The number of ketones is 1. The van der Waals surface area contributed by atoms with Gasteiger partial charge in [0.25, 0.3) is 0 Å². The molecule has 0 unspecified atom stereocenters. The number of anilines is 1. The molecule has 0 amide bonds. The minimum absolute atomic E-state index is 0.0377. The number of hydrogen-bond acceptors (Lipinski definition) is 4. The van der Waals surface area contributed by atoms with Gasteiger partial charge in [-0.05, 0) is 55.5 Å². The molecule has 2 N–H and O–H groups in total. The van der Waals surface area contributed by atoms with E-state index in [0.717, 1.165) is 5.69 Å². The van der Waals surface area contributed by atoms with E-state index in [0.29, 0.717) is 35.3 Å². The molecule has 126 valence electrons. The number of nitrogens with one attached hydrogen (secondary N) is 2. The van der Waals surface area contributed by atoms with Crippen LogP contribution in [0.5, 0.6) is 11.5 Å². The first-order valence-corrected chi connectivity index (χ1v) is 7.92. The fourth-order valence-corrected chi connectivity index (χ4v) is 2.25. The van der Waals surface area contributed by atoms with Gasteiger partial charge in [-0.15, -0.1) is 0 Å². The van der Waals surface area contributed by atoms with Gasteiger partial charge in [0.15, 0.2) is 22.4 Å². The van der Waals surface area contributed by atoms with Crippen molar-refractivity contribution in [2.45, 2.75) is 6.92 Å². The molecule has 0 spiro atoms. The fraction of sp³-hybridized carbons (Fsp3) is 0.222. The van der Waals surface area contributed by atoms with Crippen molar-refractivity contribution < 1.29 is 14.3 Å². The fourth-order valence-electron chi connectivity index (χ4n) is 2.03. The molecule has 0 atom stereocenters. The second-order valence-electron chi connectivity index (χ2n) is 5.01. The second-order valence-corrected chi connectivity index (χ2v) is 5.42. The molecule has 6 heteroatoms. The quantitative estimate of drug-likeness (QED) is 0.457. The van der Waals surface area contributed by atoms with E-state index < -0.39 is 0 Å². The summed E-state index contributed by atoms with van der Waals surface area (Å²) in [6, 6.07) is 14.6. The average Bonchev–Trinajstić information content (AvgIpc) is 2.59. The number of carbonyl (C=O) groups is 1. The van der Waals surface area contributed by atoms with Gasteiger partial charge in [0, 0.05) is 11.3 Å². The van der Waals surface area contributed by atoms with Gasteiger partial charge in [0.05, 0.1) is 13.7 Å². The summed E-state index contributed by atoms with van der Waals surface area (Å²) in [5, 5.41) is 6.62. The summed E-state index contributed by atoms with van der Waals surface area (Å²) >= 11 is 5.23. The summed E-state index contributed by atoms with van der Waals surface area (Å²) in [6.07, 6.45) is 0. The summed E-state index contributed by atoms with van der Waals surface area (Å²) in [4.78, 5) is 11.2. The van der Waals surface area contributed by atoms with Crippen molar-refractivity contribution in [3.8, 4) is 11.5 Å². The number of methoxy groups -OCH3 is 1. The highest BCUT2D eigenvalue weighted by Crippen LogP contribution is 2.25. The van der Waals surface area contributed by atoms with Crippen LogP contribution in [0.15, 0.2) is 48.5 Å². The van der Waals surface area contributed by atoms with Crippen molar-refractivity contribution in [3.05, 3.63) is 54.1 Å². The summed E-state index contributed by atoms with van der Waals surface area (Å²) in [5.41, 5.74) is 1.49. The maximum absolute atomic E-state index is 11.2. The first-order chi connectivity index (χ1) is 11.6. The van der Waals surface area contributed by atoms with Gasteiger partial charge in [0.1, 0.15) is 6.61 Å². The van der Waals surface area contributed by atoms with Crippen LogP contribution in [0.2, 0.25) is 0 Å². The standard InChI is InChI=1S/C18H20N2O3S/c1-13(21)14-7-9-15(10-8-14)20-18(24)19-11-12-23-17-6-4-3-5-16(17)22-2/h3-10H,11-12H2,1-2H3,(H2,19,20,24). The van der Waals surface area contributed by atoms with E-state index in [4.69, 9.17) is 21.7 Å². The normalized spacial score (nSPS) is 9.92. The second kappa shape index (κ2) is 8.88. The van der Waals surface area contributed by atoms with Crippen LogP contribution in [0.25, 0.3) is 0 Å². The topological polar surface area (TPSA) is 59.6 Å². The molecule has 0 bridgehead atoms. The third-order valence-corrected chi connectivity index (χ3v) is 3.51. The predicted octanol–water partition coefficient (Wildman–Crippen LogP) is 3.26. The van der Waals surface area contributed by atoms with Gasteiger partial charge in [-0.2, -0.15) is 0 Å². The van der Waals surface area contributed by atoms with Crippen LogP contribution in [-0.4, -0.2) is 31.2 Å². The van der Waals surface area contributed by atoms with Crippen LogP contribution >= 0.6 is 12.2 Å². The number of hydrogen-bond donors (Lipinski definition) is 2. The van der Waals surface area contributed by atoms with Crippen molar-refractivity contribution in [1.82, 2.24) is 5.32 Å². The van der Waals surface area contributed by atoms with Gasteiger partial charge in [0.2, 0.25) is 0 Å². The Bertz CT molecular complexity index is 702. The maximum atomic E-state index is 11.2. The van der Waals surface area contributed by atoms with Crippen molar-refractivity contribution in [3.63, 3.8) is 0 Å². The predicted molar refractivity (Wildman–Crippen MR) is 99.2 cm³/mol. The first-order valence-electron chi connectivity index (χ1n) is 7.52. The Kier molecular flexibility index (Phi) is 6.57. The van der Waals surface area contributed by atoms with E-state index >= 15 is 0 Å². The molecule has 24 heavy (non-hydrogen) atoms. The van der Waals surface area contributed by atoms with Gasteiger partial charge < -0.3 is 20.1 Å². The zero-order valence-corrected chi connectivity index (χ0v) is 14.5. The molecule has 5 nitrogen and oxygen atoms in total. The molecule has 2 aromatic rings. The molecule has 0 saturated carbocycles. The van der Waals surface area contributed by atoms with Crippen molar-refractivity contribution >= 4 is 28.8 Å². The molecule has 0 aliphatic heterocycles. The highest BCUT2D eigenvalue weighted by molar-refractivity contribution is 7.80. The highest BCUT2D eigenvalue weighted by Gasteiger charge is 2.03. The Labute approximate surface area is 147 Å². The first kappa shape index (κ1) is 17.7. The maximum Gasteiger partial charge on any atom is 0.170 e. The molecule has 2 aromatic carbocycles. The van der Waals surface area contributed by atoms with Crippen LogP contribution in [0.3, 0.4) is 0 Å². The Hall–Kier alpha value is -2.60. The lowest BCUT2D eigenvalue weighted by atomic mass is 10.1. The number of ether oxygens (including phenoxy) is 2. The Morgan fingerprint density at radius 3 is 2.38 bits per heavy atom. The van der Waals surface area contributed by atoms with E-state index in [-0.39, 0.29) is 5.78 Å². The zero-order chi connectivity index (χ0) is 17.4. The molecule has 0 aliphatic carbocycles. The number of thiocarbonyl (C=S) groups is 1. The summed E-state index contributed by atoms with van der Waals surface area (Å²) < 4.78 is 10.9. The molecule has 0 fully saturated rings. The summed E-state index contributed by atoms with van der Waals surface area (Å²) in [5.74, 6) is 1.43. The molecule has 0 heterocycles. The van der Waals surface area contributed by atoms with Crippen LogP contribution < -0.4 is 20.1 Å². The van der Waals surface area contributed by atoms with Gasteiger partial charge in [-0.25, -0.2) is 0 Å². The molecular weight excluding hydrogens is 324 g/mol. The van der Waals surface area contributed by atoms with Crippen LogP contribution in [-0.2, 0) is 0 Å². The third-order valence-electron chi connectivity index (χ3n) is 3.26. The number of para-hydroxylation sites is 2. The van der Waals surface area contributed by atoms with Crippen molar-refractivity contribution in [2.24, 2.45) is 0 Å². The SMILES string of the molecule is COc1ccccc1OCCNC(=S)Nc1ccc(C(C)=O)cc1. The molecule has 0 aromatic heterocycles. The summed E-state index contributed by atoms with van der Waals surface area (Å²) in [6.45, 7) is 2.54. The largest absolute Gasteiger partial charge is 0.493 e. The minimum Gasteiger partial charge on any atom is -0.493 e. The third kappa shape index (κ3) is 5.24. The lowest BCUT2D eigenvalue weighted by Crippen LogP contribution is -2.31. The Balaban J connectivity index is 1.74. The van der Waals surface area contributed by atoms with E-state index in [1.165, 1.54) is 6.92 Å². The molecular formula is C18H20N2O3S. The summed E-state index contributed by atoms with van der Waals surface area (Å²) in [7, 11) is 1.61. The van der Waals surface area contributed by atoms with Crippen molar-refractivity contribution in [1.29, 1.82) is 0 Å². The lowest BCUT2D eigenvalue weighted by molar-refractivity contribution is 0.101. The van der Waals surface area contributed by atoms with E-state index in [1.54, 1.807) is 19.2 Å². The molecule has 0 saturated heterocycles. The zero-order valence-electron chi connectivity index (χ0n) is 13.7. The minimum atomic E-state index is 0.0377. The van der Waals surface area contributed by atoms with Gasteiger partial charge >= 0.3 is 0 Å². The average molecular weight is 344 g/mol.